The highest BCUT2D eigenvalue weighted by atomic mass is 127. The summed E-state index contributed by atoms with van der Waals surface area (Å²) in [5.41, 5.74) is 1.16. The summed E-state index contributed by atoms with van der Waals surface area (Å²) >= 11 is 1.95. The Balaban J connectivity index is 0.00000341. The van der Waals surface area contributed by atoms with Crippen LogP contribution in [0.25, 0.3) is 0 Å². The molecule has 0 radical (unpaired) electrons. The van der Waals surface area contributed by atoms with E-state index in [1.54, 1.807) is 0 Å². The van der Waals surface area contributed by atoms with Crippen LogP contribution in [-0.4, -0.2) is 67.6 Å². The number of thioether (sulfide) groups is 1. The molecule has 3 rings (SSSR count). The normalized spacial score (nSPS) is 21.7. The third kappa shape index (κ3) is 8.36. The quantitative estimate of drug-likeness (QED) is 0.231. The molecule has 1 saturated carbocycles. The Morgan fingerprint density at radius 2 is 1.90 bits per heavy atom. The van der Waals surface area contributed by atoms with Crippen molar-refractivity contribution >= 4 is 47.6 Å². The number of rotatable bonds is 7. The number of hydrogen-bond acceptors (Lipinski definition) is 4. The highest BCUT2D eigenvalue weighted by Crippen LogP contribution is 2.27. The monoisotopic (exact) mass is 560 g/mol. The van der Waals surface area contributed by atoms with Crippen LogP contribution in [0.5, 0.6) is 5.75 Å². The van der Waals surface area contributed by atoms with Crippen molar-refractivity contribution in [2.75, 3.05) is 44.8 Å². The standard InChI is InChI=1S/C23H36N4O2S.HI/c1-18-6-3-4-7-21(18)29-15-5-12-25-23(24-2)26-20-10-8-19(9-11-20)22(28)27-13-16-30-17-14-27;/h3-4,6-7,19-20H,5,8-17H2,1-2H3,(H2,24,25,26);1H. The molecule has 2 aliphatic rings. The van der Waals surface area contributed by atoms with Crippen LogP contribution >= 0.6 is 35.7 Å². The van der Waals surface area contributed by atoms with E-state index in [1.165, 1.54) is 0 Å². The van der Waals surface area contributed by atoms with Crippen LogP contribution in [0.2, 0.25) is 0 Å². The highest BCUT2D eigenvalue weighted by molar-refractivity contribution is 14.0. The van der Waals surface area contributed by atoms with Crippen molar-refractivity contribution in [2.45, 2.75) is 45.1 Å². The van der Waals surface area contributed by atoms with Gasteiger partial charge in [0.25, 0.3) is 0 Å². The summed E-state index contributed by atoms with van der Waals surface area (Å²) in [5, 5.41) is 6.92. The predicted molar refractivity (Wildman–Crippen MR) is 141 cm³/mol. The van der Waals surface area contributed by atoms with Crippen LogP contribution in [0.1, 0.15) is 37.7 Å². The van der Waals surface area contributed by atoms with Gasteiger partial charge in [0.15, 0.2) is 5.96 Å². The Morgan fingerprint density at radius 3 is 2.58 bits per heavy atom. The molecule has 1 aromatic rings. The van der Waals surface area contributed by atoms with Crippen LogP contribution in [0.4, 0.5) is 0 Å². The Morgan fingerprint density at radius 1 is 1.19 bits per heavy atom. The lowest BCUT2D eigenvalue weighted by Crippen LogP contribution is -2.47. The van der Waals surface area contributed by atoms with Gasteiger partial charge < -0.3 is 20.3 Å². The average molecular weight is 561 g/mol. The van der Waals surface area contributed by atoms with Crippen molar-refractivity contribution in [3.63, 3.8) is 0 Å². The molecule has 2 fully saturated rings. The average Bonchev–Trinajstić information content (AvgIpc) is 2.79. The van der Waals surface area contributed by atoms with E-state index in [-0.39, 0.29) is 29.9 Å². The molecule has 1 aliphatic carbocycles. The van der Waals surface area contributed by atoms with Crippen molar-refractivity contribution in [2.24, 2.45) is 10.9 Å². The molecule has 1 heterocycles. The van der Waals surface area contributed by atoms with Gasteiger partial charge in [-0.25, -0.2) is 0 Å². The largest absolute Gasteiger partial charge is 0.493 e. The van der Waals surface area contributed by atoms with Gasteiger partial charge in [-0.1, -0.05) is 18.2 Å². The summed E-state index contributed by atoms with van der Waals surface area (Å²) < 4.78 is 5.85. The number of aryl methyl sites for hydroxylation is 1. The van der Waals surface area contributed by atoms with Crippen molar-refractivity contribution in [3.05, 3.63) is 29.8 Å². The van der Waals surface area contributed by atoms with Gasteiger partial charge >= 0.3 is 0 Å². The summed E-state index contributed by atoms with van der Waals surface area (Å²) in [6.45, 7) is 5.40. The number of nitrogens with zero attached hydrogens (tertiary/aromatic N) is 2. The van der Waals surface area contributed by atoms with Crippen molar-refractivity contribution < 1.29 is 9.53 Å². The second-order valence-electron chi connectivity index (χ2n) is 8.10. The molecule has 0 unspecified atom stereocenters. The molecule has 1 aliphatic heterocycles. The third-order valence-corrected chi connectivity index (χ3v) is 6.87. The molecule has 0 spiro atoms. The molecule has 174 valence electrons. The maximum atomic E-state index is 12.7. The van der Waals surface area contributed by atoms with E-state index < -0.39 is 0 Å². The lowest BCUT2D eigenvalue weighted by Gasteiger charge is -2.34. The summed E-state index contributed by atoms with van der Waals surface area (Å²) in [5.74, 6) is 4.55. The number of para-hydroxylation sites is 1. The zero-order chi connectivity index (χ0) is 21.2. The van der Waals surface area contributed by atoms with Gasteiger partial charge in [-0.05, 0) is 50.7 Å². The fourth-order valence-corrected chi connectivity index (χ4v) is 5.00. The second kappa shape index (κ2) is 14.1. The van der Waals surface area contributed by atoms with E-state index in [1.807, 2.05) is 37.0 Å². The minimum Gasteiger partial charge on any atom is -0.493 e. The number of benzene rings is 1. The SMILES string of the molecule is CN=C(NCCCOc1ccccc1C)NC1CCC(C(=O)N2CCSCC2)CC1.I. The zero-order valence-corrected chi connectivity index (χ0v) is 21.9. The highest BCUT2D eigenvalue weighted by Gasteiger charge is 2.30. The van der Waals surface area contributed by atoms with Crippen molar-refractivity contribution in [1.29, 1.82) is 0 Å². The molecule has 2 N–H and O–H groups in total. The van der Waals surface area contributed by atoms with Crippen LogP contribution in [-0.2, 0) is 4.79 Å². The number of nitrogens with one attached hydrogen (secondary N) is 2. The number of guanidine groups is 1. The van der Waals surface area contributed by atoms with Gasteiger partial charge in [-0.15, -0.1) is 24.0 Å². The summed E-state index contributed by atoms with van der Waals surface area (Å²) in [4.78, 5) is 19.1. The fourth-order valence-electron chi connectivity index (χ4n) is 4.09. The van der Waals surface area contributed by atoms with Gasteiger partial charge in [0.1, 0.15) is 5.75 Å². The zero-order valence-electron chi connectivity index (χ0n) is 18.8. The number of amides is 1. The molecule has 31 heavy (non-hydrogen) atoms. The van der Waals surface area contributed by atoms with E-state index in [2.05, 4.69) is 33.5 Å². The van der Waals surface area contributed by atoms with Crippen LogP contribution in [0.15, 0.2) is 29.3 Å². The Labute approximate surface area is 208 Å². The lowest BCUT2D eigenvalue weighted by molar-refractivity contribution is -0.136. The topological polar surface area (TPSA) is 66.0 Å². The summed E-state index contributed by atoms with van der Waals surface area (Å²) in [6.07, 6.45) is 4.90. The maximum Gasteiger partial charge on any atom is 0.225 e. The minimum atomic E-state index is 0. The maximum absolute atomic E-state index is 12.7. The first-order chi connectivity index (χ1) is 14.7. The van der Waals surface area contributed by atoms with E-state index >= 15 is 0 Å². The second-order valence-corrected chi connectivity index (χ2v) is 9.32. The molecule has 0 aromatic heterocycles. The first kappa shape index (κ1) is 26.1. The number of aliphatic imine (C=N–C) groups is 1. The number of carbonyl (C=O) groups is 1. The lowest BCUT2D eigenvalue weighted by atomic mass is 9.85. The summed E-state index contributed by atoms with van der Waals surface area (Å²) in [6, 6.07) is 8.48. The van der Waals surface area contributed by atoms with Gasteiger partial charge in [-0.3, -0.25) is 9.79 Å². The Bertz CT molecular complexity index is 705. The number of ether oxygens (including phenoxy) is 1. The molecular formula is C23H37IN4O2S. The van der Waals surface area contributed by atoms with Gasteiger partial charge in [0.2, 0.25) is 5.91 Å². The summed E-state index contributed by atoms with van der Waals surface area (Å²) in [7, 11) is 1.81. The smallest absolute Gasteiger partial charge is 0.225 e. The number of halogens is 1. The van der Waals surface area contributed by atoms with Crippen molar-refractivity contribution in [3.8, 4) is 5.75 Å². The van der Waals surface area contributed by atoms with E-state index in [0.717, 1.165) is 80.5 Å². The molecule has 1 aromatic carbocycles. The first-order valence-electron chi connectivity index (χ1n) is 11.2. The minimum absolute atomic E-state index is 0. The van der Waals surface area contributed by atoms with E-state index in [9.17, 15) is 4.79 Å². The first-order valence-corrected chi connectivity index (χ1v) is 12.3. The molecule has 8 heteroatoms. The van der Waals surface area contributed by atoms with Gasteiger partial charge in [0, 0.05) is 50.1 Å². The molecular weight excluding hydrogens is 523 g/mol. The molecule has 0 bridgehead atoms. The molecule has 0 atom stereocenters. The van der Waals surface area contributed by atoms with Crippen LogP contribution in [0, 0.1) is 12.8 Å². The van der Waals surface area contributed by atoms with Crippen LogP contribution in [0.3, 0.4) is 0 Å². The van der Waals surface area contributed by atoms with E-state index in [4.69, 9.17) is 4.74 Å². The number of hydrogen-bond donors (Lipinski definition) is 2. The molecule has 1 saturated heterocycles. The third-order valence-electron chi connectivity index (χ3n) is 5.93. The van der Waals surface area contributed by atoms with Crippen molar-refractivity contribution in [1.82, 2.24) is 15.5 Å². The number of carbonyl (C=O) groups excluding carboxylic acids is 1. The fraction of sp³-hybridized carbons (Fsp3) is 0.652. The molecule has 1 amide bonds. The van der Waals surface area contributed by atoms with Gasteiger partial charge in [0.05, 0.1) is 6.61 Å². The van der Waals surface area contributed by atoms with Crippen LogP contribution < -0.4 is 15.4 Å². The Hall–Kier alpha value is -1.16. The Kier molecular flexibility index (Phi) is 11.9. The van der Waals surface area contributed by atoms with Gasteiger partial charge in [-0.2, -0.15) is 11.8 Å². The predicted octanol–water partition coefficient (Wildman–Crippen LogP) is 3.68. The molecule has 6 nitrogen and oxygen atoms in total. The van der Waals surface area contributed by atoms with E-state index in [0.29, 0.717) is 18.6 Å².